The van der Waals surface area contributed by atoms with Gasteiger partial charge in [-0.3, -0.25) is 4.90 Å². The molecule has 1 N–H and O–H groups in total. The summed E-state index contributed by atoms with van der Waals surface area (Å²) in [6, 6.07) is 2.01. The van der Waals surface area contributed by atoms with E-state index in [1.165, 1.54) is 18.4 Å². The Balaban J connectivity index is 2.52. The molecule has 1 heterocycles. The average Bonchev–Trinajstić information content (AvgIpc) is 2.90. The lowest BCUT2D eigenvalue weighted by Crippen LogP contribution is -2.41. The van der Waals surface area contributed by atoms with E-state index in [2.05, 4.69) is 10.2 Å². The molecule has 1 amide bonds. The van der Waals surface area contributed by atoms with Crippen LogP contribution in [0.1, 0.15) is 42.9 Å². The largest absolute Gasteiger partial charge is 0.465 e. The lowest BCUT2D eigenvalue weighted by atomic mass is 10.2. The number of esters is 1. The van der Waals surface area contributed by atoms with Gasteiger partial charge in [-0.1, -0.05) is 0 Å². The van der Waals surface area contributed by atoms with E-state index in [0.717, 1.165) is 5.56 Å². The van der Waals surface area contributed by atoms with Crippen LogP contribution in [0.5, 0.6) is 0 Å². The van der Waals surface area contributed by atoms with Crippen molar-refractivity contribution in [2.45, 2.75) is 45.9 Å². The first-order valence-electron chi connectivity index (χ1n) is 7.46. The first kappa shape index (κ1) is 19.4. The summed E-state index contributed by atoms with van der Waals surface area (Å²) in [6.07, 6.45) is -0.427. The van der Waals surface area contributed by atoms with Crippen molar-refractivity contribution in [3.8, 4) is 0 Å². The van der Waals surface area contributed by atoms with Gasteiger partial charge in [0.25, 0.3) is 0 Å². The number of rotatable bonds is 6. The Bertz CT molecular complexity index is 536. The summed E-state index contributed by atoms with van der Waals surface area (Å²) in [6.45, 7) is 8.54. The molecule has 0 fully saturated rings. The first-order valence-corrected chi connectivity index (χ1v) is 8.33. The van der Waals surface area contributed by atoms with Crippen molar-refractivity contribution >= 4 is 23.4 Å². The van der Waals surface area contributed by atoms with Crippen LogP contribution in [-0.2, 0) is 16.0 Å². The van der Waals surface area contributed by atoms with Crippen LogP contribution < -0.4 is 5.32 Å². The molecule has 0 unspecified atom stereocenters. The van der Waals surface area contributed by atoms with Gasteiger partial charge in [-0.15, -0.1) is 11.3 Å². The molecule has 0 saturated carbocycles. The molecule has 1 aromatic heterocycles. The summed E-state index contributed by atoms with van der Waals surface area (Å²) >= 11 is 1.37. The van der Waals surface area contributed by atoms with Crippen LogP contribution in [0.15, 0.2) is 11.4 Å². The second kappa shape index (κ2) is 8.31. The lowest BCUT2D eigenvalue weighted by Gasteiger charge is -2.26. The molecular formula is C16H26N2O4S. The number of methoxy groups -OCH3 is 1. The van der Waals surface area contributed by atoms with Gasteiger partial charge < -0.3 is 14.8 Å². The van der Waals surface area contributed by atoms with Crippen LogP contribution in [0.2, 0.25) is 0 Å². The summed E-state index contributed by atoms with van der Waals surface area (Å²) in [7, 11) is 3.32. The molecule has 7 heteroatoms. The molecule has 0 aliphatic rings. The number of alkyl carbamates (subject to hydrolysis) is 1. The number of nitrogens with zero attached hydrogens (tertiary/aromatic N) is 1. The van der Waals surface area contributed by atoms with E-state index in [1.807, 2.05) is 46.2 Å². The average molecular weight is 342 g/mol. The van der Waals surface area contributed by atoms with Crippen LogP contribution in [0, 0.1) is 0 Å². The van der Waals surface area contributed by atoms with Crippen molar-refractivity contribution in [3.63, 3.8) is 0 Å². The van der Waals surface area contributed by atoms with E-state index in [1.54, 1.807) is 0 Å². The minimum absolute atomic E-state index is 0.0907. The number of hydrogen-bond acceptors (Lipinski definition) is 6. The lowest BCUT2D eigenvalue weighted by molar-refractivity contribution is 0.0512. The fourth-order valence-corrected chi connectivity index (χ4v) is 2.69. The third kappa shape index (κ3) is 6.58. The maximum Gasteiger partial charge on any atom is 0.407 e. The zero-order valence-electron chi connectivity index (χ0n) is 14.6. The number of nitrogens with one attached hydrogen (secondary N) is 1. The zero-order valence-corrected chi connectivity index (χ0v) is 15.5. The van der Waals surface area contributed by atoms with Gasteiger partial charge in [0.1, 0.15) is 10.5 Å². The predicted molar refractivity (Wildman–Crippen MR) is 90.8 cm³/mol. The fraction of sp³-hybridized carbons (Fsp3) is 0.625. The van der Waals surface area contributed by atoms with Crippen LogP contribution in [0.3, 0.4) is 0 Å². The summed E-state index contributed by atoms with van der Waals surface area (Å²) in [5.74, 6) is -0.317. The molecule has 0 aromatic carbocycles. The van der Waals surface area contributed by atoms with Crippen molar-refractivity contribution < 1.29 is 19.1 Å². The first-order chi connectivity index (χ1) is 10.6. The molecule has 1 aromatic rings. The second-order valence-electron chi connectivity index (χ2n) is 6.41. The molecule has 6 nitrogen and oxygen atoms in total. The number of ether oxygens (including phenoxy) is 2. The van der Waals surface area contributed by atoms with Crippen LogP contribution in [0.4, 0.5) is 4.79 Å². The molecular weight excluding hydrogens is 316 g/mol. The normalized spacial score (nSPS) is 12.8. The SMILES string of the molecule is COC(=O)c1sccc1CN(C)[C@@H](C)CNC(=O)OC(C)(C)C. The highest BCUT2D eigenvalue weighted by Crippen LogP contribution is 2.20. The maximum absolute atomic E-state index is 11.7. The van der Waals surface area contributed by atoms with E-state index in [-0.39, 0.29) is 12.0 Å². The molecule has 0 aliphatic heterocycles. The van der Waals surface area contributed by atoms with Crippen LogP contribution >= 0.6 is 11.3 Å². The standard InChI is InChI=1S/C16H26N2O4S/c1-11(9-17-15(20)22-16(2,3)4)18(5)10-12-7-8-23-13(12)14(19)21-6/h7-8,11H,9-10H2,1-6H3,(H,17,20)/t11-/m0/s1. The summed E-state index contributed by atoms with van der Waals surface area (Å²) in [5, 5.41) is 4.63. The Morgan fingerprint density at radius 3 is 2.61 bits per heavy atom. The quantitative estimate of drug-likeness (QED) is 0.805. The topological polar surface area (TPSA) is 67.9 Å². The Morgan fingerprint density at radius 2 is 2.04 bits per heavy atom. The number of hydrogen-bond donors (Lipinski definition) is 1. The Labute approximate surface area is 141 Å². The van der Waals surface area contributed by atoms with Crippen molar-refractivity contribution in [1.82, 2.24) is 10.2 Å². The molecule has 0 spiro atoms. The van der Waals surface area contributed by atoms with Gasteiger partial charge in [-0.05, 0) is 51.8 Å². The zero-order chi connectivity index (χ0) is 17.6. The highest BCUT2D eigenvalue weighted by Gasteiger charge is 2.19. The van der Waals surface area contributed by atoms with Crippen LogP contribution in [-0.4, -0.2) is 49.3 Å². The Hall–Kier alpha value is -1.60. The number of likely N-dealkylation sites (N-methyl/N-ethyl adjacent to an activating group) is 1. The predicted octanol–water partition coefficient (Wildman–Crippen LogP) is 2.88. The number of carbonyl (C=O) groups is 2. The monoisotopic (exact) mass is 342 g/mol. The highest BCUT2D eigenvalue weighted by molar-refractivity contribution is 7.12. The van der Waals surface area contributed by atoms with Gasteiger partial charge in [-0.2, -0.15) is 0 Å². The molecule has 23 heavy (non-hydrogen) atoms. The molecule has 0 radical (unpaired) electrons. The minimum Gasteiger partial charge on any atom is -0.465 e. The van der Waals surface area contributed by atoms with E-state index in [9.17, 15) is 9.59 Å². The van der Waals surface area contributed by atoms with Gasteiger partial charge in [0.15, 0.2) is 0 Å². The van der Waals surface area contributed by atoms with Crippen LogP contribution in [0.25, 0.3) is 0 Å². The third-order valence-corrected chi connectivity index (χ3v) is 4.17. The third-order valence-electron chi connectivity index (χ3n) is 3.23. The number of carbonyl (C=O) groups excluding carboxylic acids is 2. The van der Waals surface area contributed by atoms with E-state index in [0.29, 0.717) is 18.0 Å². The van der Waals surface area contributed by atoms with Crippen molar-refractivity contribution in [3.05, 3.63) is 21.9 Å². The van der Waals surface area contributed by atoms with Crippen molar-refractivity contribution in [2.24, 2.45) is 0 Å². The van der Waals surface area contributed by atoms with Gasteiger partial charge in [-0.25, -0.2) is 9.59 Å². The Morgan fingerprint density at radius 1 is 1.39 bits per heavy atom. The molecule has 1 atom stereocenters. The smallest absolute Gasteiger partial charge is 0.407 e. The molecule has 0 aliphatic carbocycles. The van der Waals surface area contributed by atoms with E-state index in [4.69, 9.17) is 9.47 Å². The second-order valence-corrected chi connectivity index (χ2v) is 7.33. The van der Waals surface area contributed by atoms with Gasteiger partial charge in [0.2, 0.25) is 0 Å². The molecule has 0 bridgehead atoms. The molecule has 0 saturated heterocycles. The summed E-state index contributed by atoms with van der Waals surface area (Å²) < 4.78 is 9.99. The minimum atomic E-state index is -0.509. The van der Waals surface area contributed by atoms with Crippen molar-refractivity contribution in [2.75, 3.05) is 20.7 Å². The molecule has 1 rings (SSSR count). The Kier molecular flexibility index (Phi) is 7.02. The van der Waals surface area contributed by atoms with Gasteiger partial charge in [0, 0.05) is 19.1 Å². The number of amides is 1. The van der Waals surface area contributed by atoms with Gasteiger partial charge >= 0.3 is 12.1 Å². The summed E-state index contributed by atoms with van der Waals surface area (Å²) in [5.41, 5.74) is 0.416. The van der Waals surface area contributed by atoms with Crippen molar-refractivity contribution in [1.29, 1.82) is 0 Å². The van der Waals surface area contributed by atoms with Gasteiger partial charge in [0.05, 0.1) is 7.11 Å². The molecule has 130 valence electrons. The summed E-state index contributed by atoms with van der Waals surface area (Å²) in [4.78, 5) is 26.0. The van der Waals surface area contributed by atoms with E-state index >= 15 is 0 Å². The van der Waals surface area contributed by atoms with E-state index < -0.39 is 11.7 Å². The fourth-order valence-electron chi connectivity index (χ4n) is 1.86. The maximum atomic E-state index is 11.7. The number of thiophene rings is 1. The highest BCUT2D eigenvalue weighted by atomic mass is 32.1.